The van der Waals surface area contributed by atoms with Gasteiger partial charge in [-0.25, -0.2) is 4.98 Å². The first kappa shape index (κ1) is 14.3. The Morgan fingerprint density at radius 3 is 3.00 bits per heavy atom. The summed E-state index contributed by atoms with van der Waals surface area (Å²) < 4.78 is 6.99. The summed E-state index contributed by atoms with van der Waals surface area (Å²) in [7, 11) is 0. The molecule has 0 saturated carbocycles. The zero-order valence-corrected chi connectivity index (χ0v) is 11.8. The number of hydrogen-bond donors (Lipinski definition) is 4. The molecule has 4 unspecified atom stereocenters. The number of nitrogens with two attached hydrogens (primary N) is 1. The third kappa shape index (κ3) is 2.01. The van der Waals surface area contributed by atoms with Crippen molar-refractivity contribution in [2.75, 3.05) is 12.3 Å². The molecule has 1 saturated heterocycles. The van der Waals surface area contributed by atoms with Crippen LogP contribution in [-0.2, 0) is 4.74 Å². The van der Waals surface area contributed by atoms with Gasteiger partial charge in [-0.2, -0.15) is 4.98 Å². The standard InChI is InChI=1S/C11H14ClN5O4/c1-11(12)6(19)4(2-18)21-9(11)17-3-14-5-7(17)15-10(13)16-8(5)20/h3-4,6,9,18-19H,2H2,1H3,(H3,13,15,16,20). The van der Waals surface area contributed by atoms with Gasteiger partial charge in [0, 0.05) is 0 Å². The van der Waals surface area contributed by atoms with Gasteiger partial charge in [0.15, 0.2) is 17.4 Å². The highest BCUT2D eigenvalue weighted by atomic mass is 35.5. The molecule has 0 radical (unpaired) electrons. The van der Waals surface area contributed by atoms with Crippen molar-refractivity contribution in [1.82, 2.24) is 19.5 Å². The third-order valence-electron chi connectivity index (χ3n) is 3.60. The molecule has 0 aromatic carbocycles. The van der Waals surface area contributed by atoms with E-state index in [1.165, 1.54) is 10.9 Å². The first-order valence-electron chi connectivity index (χ1n) is 6.22. The lowest BCUT2D eigenvalue weighted by atomic mass is 10.0. The van der Waals surface area contributed by atoms with Crippen LogP contribution in [0.5, 0.6) is 0 Å². The Hall–Kier alpha value is -1.68. The summed E-state index contributed by atoms with van der Waals surface area (Å²) in [5.74, 6) is -0.0669. The number of anilines is 1. The van der Waals surface area contributed by atoms with E-state index in [2.05, 4.69) is 15.0 Å². The van der Waals surface area contributed by atoms with E-state index in [-0.39, 0.29) is 23.7 Å². The van der Waals surface area contributed by atoms with Gasteiger partial charge in [0.1, 0.15) is 17.1 Å². The summed E-state index contributed by atoms with van der Waals surface area (Å²) in [4.78, 5) is 20.9. The van der Waals surface area contributed by atoms with Crippen molar-refractivity contribution in [2.45, 2.75) is 30.2 Å². The van der Waals surface area contributed by atoms with Crippen LogP contribution in [0.2, 0.25) is 0 Å². The molecule has 1 aliphatic rings. The van der Waals surface area contributed by atoms with E-state index in [1.807, 2.05) is 0 Å². The summed E-state index contributed by atoms with van der Waals surface area (Å²) in [5, 5.41) is 19.3. The van der Waals surface area contributed by atoms with E-state index in [1.54, 1.807) is 6.92 Å². The molecule has 2 aromatic rings. The molecule has 5 N–H and O–H groups in total. The van der Waals surface area contributed by atoms with Crippen LogP contribution in [0.1, 0.15) is 13.2 Å². The number of halogens is 1. The average molecular weight is 316 g/mol. The molecule has 10 heteroatoms. The Morgan fingerprint density at radius 2 is 2.38 bits per heavy atom. The van der Waals surface area contributed by atoms with E-state index >= 15 is 0 Å². The molecular formula is C11H14ClN5O4. The van der Waals surface area contributed by atoms with Crippen LogP contribution < -0.4 is 11.3 Å². The number of hydrogen-bond acceptors (Lipinski definition) is 7. The zero-order valence-electron chi connectivity index (χ0n) is 11.0. The number of aliphatic hydroxyl groups excluding tert-OH is 2. The van der Waals surface area contributed by atoms with Crippen molar-refractivity contribution in [3.63, 3.8) is 0 Å². The Kier molecular flexibility index (Phi) is 3.17. The summed E-state index contributed by atoms with van der Waals surface area (Å²) in [5.41, 5.74) is 5.33. The second kappa shape index (κ2) is 4.67. The first-order valence-corrected chi connectivity index (χ1v) is 6.59. The predicted molar refractivity (Wildman–Crippen MR) is 73.8 cm³/mol. The highest BCUT2D eigenvalue weighted by Gasteiger charge is 2.53. The van der Waals surface area contributed by atoms with Gasteiger partial charge < -0.3 is 20.7 Å². The molecule has 114 valence electrons. The van der Waals surface area contributed by atoms with E-state index in [9.17, 15) is 15.0 Å². The van der Waals surface area contributed by atoms with Gasteiger partial charge >= 0.3 is 0 Å². The molecule has 3 heterocycles. The van der Waals surface area contributed by atoms with Gasteiger partial charge in [-0.1, -0.05) is 0 Å². The Balaban J connectivity index is 2.15. The van der Waals surface area contributed by atoms with E-state index in [0.717, 1.165) is 0 Å². The van der Waals surface area contributed by atoms with Crippen molar-refractivity contribution in [3.8, 4) is 0 Å². The average Bonchev–Trinajstić information content (AvgIpc) is 2.91. The van der Waals surface area contributed by atoms with Crippen molar-refractivity contribution < 1.29 is 14.9 Å². The zero-order chi connectivity index (χ0) is 15.4. The van der Waals surface area contributed by atoms with Crippen LogP contribution >= 0.6 is 11.6 Å². The van der Waals surface area contributed by atoms with Crippen LogP contribution in [0.15, 0.2) is 11.1 Å². The van der Waals surface area contributed by atoms with Crippen LogP contribution in [0, 0.1) is 0 Å². The number of nitrogens with one attached hydrogen (secondary N) is 1. The largest absolute Gasteiger partial charge is 0.394 e. The van der Waals surface area contributed by atoms with Crippen molar-refractivity contribution in [2.24, 2.45) is 0 Å². The molecule has 2 aromatic heterocycles. The minimum Gasteiger partial charge on any atom is -0.394 e. The maximum Gasteiger partial charge on any atom is 0.280 e. The topological polar surface area (TPSA) is 139 Å². The lowest BCUT2D eigenvalue weighted by molar-refractivity contribution is -0.0441. The summed E-state index contributed by atoms with van der Waals surface area (Å²) >= 11 is 6.35. The lowest BCUT2D eigenvalue weighted by Gasteiger charge is -2.26. The monoisotopic (exact) mass is 315 g/mol. The molecule has 0 spiro atoms. The molecule has 4 atom stereocenters. The fourth-order valence-electron chi connectivity index (χ4n) is 2.48. The van der Waals surface area contributed by atoms with Crippen LogP contribution in [0.3, 0.4) is 0 Å². The highest BCUT2D eigenvalue weighted by molar-refractivity contribution is 6.24. The number of nitrogens with zero attached hydrogens (tertiary/aromatic N) is 3. The van der Waals surface area contributed by atoms with Crippen molar-refractivity contribution >= 4 is 28.7 Å². The van der Waals surface area contributed by atoms with Gasteiger partial charge in [-0.15, -0.1) is 11.6 Å². The molecule has 3 rings (SSSR count). The second-order valence-electron chi connectivity index (χ2n) is 5.08. The number of fused-ring (bicyclic) bond motifs is 1. The maximum absolute atomic E-state index is 11.8. The predicted octanol–water partition coefficient (Wildman–Crippen LogP) is -1.05. The van der Waals surface area contributed by atoms with Crippen molar-refractivity contribution in [3.05, 3.63) is 16.7 Å². The quantitative estimate of drug-likeness (QED) is 0.518. The van der Waals surface area contributed by atoms with E-state index in [0.29, 0.717) is 0 Å². The fraction of sp³-hybridized carbons (Fsp3) is 0.545. The summed E-state index contributed by atoms with van der Waals surface area (Å²) in [6, 6.07) is 0. The molecule has 0 aliphatic carbocycles. The first-order chi connectivity index (χ1) is 9.86. The number of aromatic amines is 1. The van der Waals surface area contributed by atoms with E-state index < -0.39 is 28.9 Å². The molecule has 9 nitrogen and oxygen atoms in total. The van der Waals surface area contributed by atoms with Gasteiger partial charge in [0.25, 0.3) is 5.56 Å². The number of aliphatic hydroxyl groups is 2. The molecule has 1 aliphatic heterocycles. The van der Waals surface area contributed by atoms with Gasteiger partial charge in [0.2, 0.25) is 5.95 Å². The number of rotatable bonds is 2. The fourth-order valence-corrected chi connectivity index (χ4v) is 2.77. The Bertz CT molecular complexity index is 742. The Morgan fingerprint density at radius 1 is 1.67 bits per heavy atom. The minimum absolute atomic E-state index is 0.0669. The smallest absolute Gasteiger partial charge is 0.280 e. The third-order valence-corrected chi connectivity index (χ3v) is 4.01. The molecule has 1 fully saturated rings. The Labute approximate surface area is 123 Å². The van der Waals surface area contributed by atoms with Crippen molar-refractivity contribution in [1.29, 1.82) is 0 Å². The van der Waals surface area contributed by atoms with Gasteiger partial charge in [-0.3, -0.25) is 14.3 Å². The van der Waals surface area contributed by atoms with Crippen LogP contribution in [0.25, 0.3) is 11.2 Å². The van der Waals surface area contributed by atoms with Crippen LogP contribution in [0.4, 0.5) is 5.95 Å². The normalized spacial score (nSPS) is 32.9. The SMILES string of the molecule is CC1(Cl)C(O)C(CO)OC1n1cnc2c(=O)[nH]c(N)nc21. The molecular weight excluding hydrogens is 302 g/mol. The van der Waals surface area contributed by atoms with Gasteiger partial charge in [-0.05, 0) is 6.92 Å². The summed E-state index contributed by atoms with van der Waals surface area (Å²) in [6.45, 7) is 1.19. The number of aromatic nitrogens is 4. The second-order valence-corrected chi connectivity index (χ2v) is 5.90. The number of alkyl halides is 1. The number of ether oxygens (including phenoxy) is 1. The lowest BCUT2D eigenvalue weighted by Crippen LogP contribution is -2.39. The number of imidazole rings is 1. The maximum atomic E-state index is 11.8. The van der Waals surface area contributed by atoms with Gasteiger partial charge in [0.05, 0.1) is 12.9 Å². The minimum atomic E-state index is -1.22. The molecule has 0 amide bonds. The molecule has 21 heavy (non-hydrogen) atoms. The highest BCUT2D eigenvalue weighted by Crippen LogP contribution is 2.43. The van der Waals surface area contributed by atoms with E-state index in [4.69, 9.17) is 22.1 Å². The van der Waals surface area contributed by atoms with Crippen LogP contribution in [-0.4, -0.2) is 53.4 Å². The summed E-state index contributed by atoms with van der Waals surface area (Å²) in [6.07, 6.45) is -1.45. The number of H-pyrrole nitrogens is 1. The number of nitrogen functional groups attached to an aromatic ring is 1. The molecule has 0 bridgehead atoms.